The molecule has 1 N–H and O–H groups in total. The molecule has 2 aliphatic carbocycles. The van der Waals surface area contributed by atoms with Crippen LogP contribution in [-0.4, -0.2) is 35.6 Å². The van der Waals surface area contributed by atoms with Gasteiger partial charge in [0.2, 0.25) is 0 Å². The topological polar surface area (TPSA) is 116 Å². The molecule has 178 valence electrons. The summed E-state index contributed by atoms with van der Waals surface area (Å²) in [6.07, 6.45) is 6.10. The molecular formula is C25H30O8. The number of benzene rings is 1. The Balaban J connectivity index is 1.37. The maximum Gasteiger partial charge on any atom is 0.335 e. The fourth-order valence-electron chi connectivity index (χ4n) is 4.39. The molecule has 0 unspecified atom stereocenters. The maximum absolute atomic E-state index is 12.5. The van der Waals surface area contributed by atoms with E-state index in [0.717, 1.165) is 18.9 Å². The van der Waals surface area contributed by atoms with E-state index in [1.165, 1.54) is 12.1 Å². The number of carboxylic acid groups (broad SMARTS) is 1. The van der Waals surface area contributed by atoms with E-state index in [9.17, 15) is 19.2 Å². The van der Waals surface area contributed by atoms with Gasteiger partial charge in [-0.2, -0.15) is 0 Å². The Hall–Kier alpha value is -3.16. The van der Waals surface area contributed by atoms with Crippen molar-refractivity contribution in [3.05, 3.63) is 36.9 Å². The fraction of sp³-hybridized carbons (Fsp3) is 0.520. The van der Waals surface area contributed by atoms with Crippen LogP contribution in [0.4, 0.5) is 0 Å². The SMILES string of the molecule is C=CC(=O)Oc1ccc(OC(=O)C2CCC(C(=O)OCC3CCC(C(=O)O)CC3)CC2)cc1. The summed E-state index contributed by atoms with van der Waals surface area (Å²) in [7, 11) is 0. The summed E-state index contributed by atoms with van der Waals surface area (Å²) in [5.74, 6) is -1.75. The highest BCUT2D eigenvalue weighted by Gasteiger charge is 2.33. The molecule has 0 spiro atoms. The van der Waals surface area contributed by atoms with Crippen molar-refractivity contribution >= 4 is 23.9 Å². The first kappa shape index (κ1) is 24.5. The van der Waals surface area contributed by atoms with Crippen molar-refractivity contribution in [1.82, 2.24) is 0 Å². The Bertz CT molecular complexity index is 859. The summed E-state index contributed by atoms with van der Waals surface area (Å²) in [6.45, 7) is 3.67. The van der Waals surface area contributed by atoms with E-state index in [1.54, 1.807) is 12.1 Å². The van der Waals surface area contributed by atoms with Crippen LogP contribution in [0.5, 0.6) is 11.5 Å². The van der Waals surface area contributed by atoms with E-state index in [-0.39, 0.29) is 35.6 Å². The van der Waals surface area contributed by atoms with Crippen LogP contribution >= 0.6 is 0 Å². The van der Waals surface area contributed by atoms with E-state index in [4.69, 9.17) is 19.3 Å². The van der Waals surface area contributed by atoms with Crippen LogP contribution in [0.1, 0.15) is 51.4 Å². The van der Waals surface area contributed by atoms with Crippen LogP contribution in [0.3, 0.4) is 0 Å². The normalized spacial score (nSPS) is 24.8. The Morgan fingerprint density at radius 3 is 1.79 bits per heavy atom. The zero-order valence-electron chi connectivity index (χ0n) is 18.6. The number of hydrogen-bond donors (Lipinski definition) is 1. The number of carbonyl (C=O) groups excluding carboxylic acids is 3. The first-order chi connectivity index (χ1) is 15.9. The minimum absolute atomic E-state index is 0.219. The minimum atomic E-state index is -0.744. The van der Waals surface area contributed by atoms with Gasteiger partial charge in [0.15, 0.2) is 0 Å². The van der Waals surface area contributed by atoms with Crippen molar-refractivity contribution in [2.45, 2.75) is 51.4 Å². The second-order valence-corrected chi connectivity index (χ2v) is 8.75. The first-order valence-corrected chi connectivity index (χ1v) is 11.4. The zero-order valence-corrected chi connectivity index (χ0v) is 18.6. The third-order valence-electron chi connectivity index (χ3n) is 6.48. The molecule has 0 bridgehead atoms. The van der Waals surface area contributed by atoms with Gasteiger partial charge in [-0.05, 0) is 81.5 Å². The standard InChI is InChI=1S/C25H30O8/c1-2-22(26)32-20-11-13-21(14-12-20)33-25(30)19-9-7-18(8-10-19)24(29)31-15-16-3-5-17(6-4-16)23(27)28/h2,11-14,16-19H,1,3-10,15H2,(H,27,28). The van der Waals surface area contributed by atoms with Crippen LogP contribution in [0, 0.1) is 23.7 Å². The number of hydrogen-bond acceptors (Lipinski definition) is 7. The van der Waals surface area contributed by atoms with Crippen molar-refractivity contribution in [3.8, 4) is 11.5 Å². The van der Waals surface area contributed by atoms with Gasteiger partial charge in [-0.15, -0.1) is 0 Å². The zero-order chi connectivity index (χ0) is 23.8. The van der Waals surface area contributed by atoms with Gasteiger partial charge < -0.3 is 19.3 Å². The number of carboxylic acids is 1. The van der Waals surface area contributed by atoms with Crippen molar-refractivity contribution in [3.63, 3.8) is 0 Å². The molecule has 8 nitrogen and oxygen atoms in total. The van der Waals surface area contributed by atoms with Crippen molar-refractivity contribution in [2.24, 2.45) is 23.7 Å². The van der Waals surface area contributed by atoms with Gasteiger partial charge in [-0.1, -0.05) is 6.58 Å². The summed E-state index contributed by atoms with van der Waals surface area (Å²) < 4.78 is 15.9. The number of aliphatic carboxylic acids is 1. The highest BCUT2D eigenvalue weighted by Crippen LogP contribution is 2.33. The van der Waals surface area contributed by atoms with E-state index < -0.39 is 11.9 Å². The molecule has 2 fully saturated rings. The van der Waals surface area contributed by atoms with Crippen LogP contribution < -0.4 is 9.47 Å². The molecule has 0 atom stereocenters. The molecule has 0 amide bonds. The second-order valence-electron chi connectivity index (χ2n) is 8.75. The molecule has 2 saturated carbocycles. The highest BCUT2D eigenvalue weighted by atomic mass is 16.5. The van der Waals surface area contributed by atoms with Crippen molar-refractivity contribution < 1.29 is 38.5 Å². The molecule has 2 aliphatic rings. The van der Waals surface area contributed by atoms with Crippen LogP contribution in [0.15, 0.2) is 36.9 Å². The minimum Gasteiger partial charge on any atom is -0.481 e. The van der Waals surface area contributed by atoms with Gasteiger partial charge in [0, 0.05) is 6.08 Å². The number of rotatable bonds is 8. The summed E-state index contributed by atoms with van der Waals surface area (Å²) in [5, 5.41) is 9.07. The van der Waals surface area contributed by atoms with Gasteiger partial charge in [0.05, 0.1) is 24.4 Å². The average molecular weight is 459 g/mol. The molecule has 0 aromatic heterocycles. The molecule has 1 aromatic carbocycles. The van der Waals surface area contributed by atoms with E-state index in [2.05, 4.69) is 6.58 Å². The predicted molar refractivity (Wildman–Crippen MR) is 117 cm³/mol. The second kappa shape index (κ2) is 11.6. The van der Waals surface area contributed by atoms with E-state index in [0.29, 0.717) is 56.6 Å². The lowest BCUT2D eigenvalue weighted by Crippen LogP contribution is -2.30. The lowest BCUT2D eigenvalue weighted by molar-refractivity contribution is -0.154. The third-order valence-corrected chi connectivity index (χ3v) is 6.48. The summed E-state index contributed by atoms with van der Waals surface area (Å²) in [4.78, 5) is 47.2. The first-order valence-electron chi connectivity index (χ1n) is 11.4. The molecule has 1 aromatic rings. The molecule has 33 heavy (non-hydrogen) atoms. The fourth-order valence-corrected chi connectivity index (χ4v) is 4.39. The van der Waals surface area contributed by atoms with Crippen molar-refractivity contribution in [1.29, 1.82) is 0 Å². The molecule has 0 heterocycles. The van der Waals surface area contributed by atoms with Crippen LogP contribution in [0.2, 0.25) is 0 Å². The predicted octanol–water partition coefficient (Wildman–Crippen LogP) is 3.92. The van der Waals surface area contributed by atoms with Gasteiger partial charge in [0.1, 0.15) is 11.5 Å². The van der Waals surface area contributed by atoms with Gasteiger partial charge in [-0.3, -0.25) is 14.4 Å². The number of esters is 3. The lowest BCUT2D eigenvalue weighted by Gasteiger charge is -2.28. The largest absolute Gasteiger partial charge is 0.481 e. The Labute approximate surface area is 192 Å². The molecule has 0 radical (unpaired) electrons. The van der Waals surface area contributed by atoms with Crippen molar-refractivity contribution in [2.75, 3.05) is 6.61 Å². The van der Waals surface area contributed by atoms with E-state index in [1.807, 2.05) is 0 Å². The Morgan fingerprint density at radius 2 is 1.27 bits per heavy atom. The summed E-state index contributed by atoms with van der Waals surface area (Å²) in [6, 6.07) is 6.17. The van der Waals surface area contributed by atoms with Crippen LogP contribution in [-0.2, 0) is 23.9 Å². The number of carbonyl (C=O) groups is 4. The molecule has 0 saturated heterocycles. The quantitative estimate of drug-likeness (QED) is 0.354. The highest BCUT2D eigenvalue weighted by molar-refractivity contribution is 5.83. The molecule has 3 rings (SSSR count). The molecule has 0 aliphatic heterocycles. The van der Waals surface area contributed by atoms with Crippen LogP contribution in [0.25, 0.3) is 0 Å². The third kappa shape index (κ3) is 7.17. The molecular weight excluding hydrogens is 428 g/mol. The monoisotopic (exact) mass is 458 g/mol. The van der Waals surface area contributed by atoms with Gasteiger partial charge in [-0.25, -0.2) is 4.79 Å². The lowest BCUT2D eigenvalue weighted by atomic mass is 9.81. The Kier molecular flexibility index (Phi) is 8.63. The molecule has 8 heteroatoms. The number of ether oxygens (including phenoxy) is 3. The summed E-state index contributed by atoms with van der Waals surface area (Å²) >= 11 is 0. The van der Waals surface area contributed by atoms with Gasteiger partial charge in [0.25, 0.3) is 0 Å². The van der Waals surface area contributed by atoms with Gasteiger partial charge >= 0.3 is 23.9 Å². The Morgan fingerprint density at radius 1 is 0.788 bits per heavy atom. The smallest absolute Gasteiger partial charge is 0.335 e. The summed E-state index contributed by atoms with van der Waals surface area (Å²) in [5.41, 5.74) is 0. The van der Waals surface area contributed by atoms with E-state index >= 15 is 0 Å². The average Bonchev–Trinajstić information content (AvgIpc) is 2.84. The maximum atomic E-state index is 12.5.